The number of pyridine rings is 1. The molecule has 0 bridgehead atoms. The summed E-state index contributed by atoms with van der Waals surface area (Å²) in [7, 11) is 0. The molecule has 3 aromatic rings. The van der Waals surface area contributed by atoms with Gasteiger partial charge in [-0.15, -0.1) is 0 Å². The zero-order valence-corrected chi connectivity index (χ0v) is 13.1. The van der Waals surface area contributed by atoms with Crippen LogP contribution in [0.15, 0.2) is 64.0 Å². The lowest BCUT2D eigenvalue weighted by Crippen LogP contribution is -2.19. The van der Waals surface area contributed by atoms with E-state index in [2.05, 4.69) is 15.9 Å². The van der Waals surface area contributed by atoms with E-state index in [0.29, 0.717) is 6.54 Å². The number of carboxylic acid groups (broad SMARTS) is 1. The molecule has 0 saturated heterocycles. The maximum atomic E-state index is 12.2. The van der Waals surface area contributed by atoms with Crippen molar-refractivity contribution in [2.24, 2.45) is 0 Å². The Kier molecular flexibility index (Phi) is 3.81. The number of fused-ring (bicyclic) bond motifs is 1. The molecule has 0 aliphatic rings. The zero-order chi connectivity index (χ0) is 15.7. The normalized spacial score (nSPS) is 10.8. The van der Waals surface area contributed by atoms with E-state index in [1.165, 1.54) is 0 Å². The van der Waals surface area contributed by atoms with Gasteiger partial charge in [-0.3, -0.25) is 4.79 Å². The minimum Gasteiger partial charge on any atom is -0.478 e. The van der Waals surface area contributed by atoms with E-state index in [-0.39, 0.29) is 11.1 Å². The number of hydrogen-bond acceptors (Lipinski definition) is 2. The Labute approximate surface area is 134 Å². The topological polar surface area (TPSA) is 59.3 Å². The van der Waals surface area contributed by atoms with Crippen LogP contribution in [0.3, 0.4) is 0 Å². The first-order valence-electron chi connectivity index (χ1n) is 6.65. The van der Waals surface area contributed by atoms with Crippen molar-refractivity contribution in [3.8, 4) is 0 Å². The van der Waals surface area contributed by atoms with Crippen LogP contribution in [-0.4, -0.2) is 15.6 Å². The number of nitrogens with zero attached hydrogens (tertiary/aromatic N) is 1. The molecule has 0 aliphatic carbocycles. The summed E-state index contributed by atoms with van der Waals surface area (Å²) >= 11 is 3.42. The van der Waals surface area contributed by atoms with Crippen LogP contribution < -0.4 is 5.56 Å². The Hall–Kier alpha value is -2.40. The van der Waals surface area contributed by atoms with Crippen LogP contribution in [0.1, 0.15) is 15.9 Å². The van der Waals surface area contributed by atoms with Crippen molar-refractivity contribution in [2.75, 3.05) is 0 Å². The molecule has 5 heteroatoms. The van der Waals surface area contributed by atoms with Gasteiger partial charge in [-0.1, -0.05) is 34.1 Å². The Morgan fingerprint density at radius 3 is 2.45 bits per heavy atom. The molecule has 1 heterocycles. The highest BCUT2D eigenvalue weighted by molar-refractivity contribution is 9.10. The van der Waals surface area contributed by atoms with Crippen molar-refractivity contribution in [1.82, 2.24) is 4.57 Å². The van der Waals surface area contributed by atoms with Gasteiger partial charge in [0.1, 0.15) is 0 Å². The summed E-state index contributed by atoms with van der Waals surface area (Å²) in [6.07, 6.45) is 1.81. The average molecular weight is 358 g/mol. The number of hydrogen-bond donors (Lipinski definition) is 1. The minimum atomic E-state index is -0.959. The molecular weight excluding hydrogens is 346 g/mol. The highest BCUT2D eigenvalue weighted by Crippen LogP contribution is 2.18. The maximum Gasteiger partial charge on any atom is 0.335 e. The van der Waals surface area contributed by atoms with Gasteiger partial charge in [0.05, 0.1) is 12.1 Å². The van der Waals surface area contributed by atoms with Gasteiger partial charge >= 0.3 is 5.97 Å². The number of carboxylic acids is 1. The Balaban J connectivity index is 1.97. The van der Waals surface area contributed by atoms with E-state index in [9.17, 15) is 9.59 Å². The van der Waals surface area contributed by atoms with Gasteiger partial charge in [0.15, 0.2) is 0 Å². The molecule has 1 N–H and O–H groups in total. The first-order valence-corrected chi connectivity index (χ1v) is 7.44. The molecule has 110 valence electrons. The second-order valence-corrected chi connectivity index (χ2v) is 5.93. The third-order valence-electron chi connectivity index (χ3n) is 3.46. The van der Waals surface area contributed by atoms with Gasteiger partial charge in [0.25, 0.3) is 5.56 Å². The van der Waals surface area contributed by atoms with Crippen LogP contribution in [-0.2, 0) is 6.54 Å². The lowest BCUT2D eigenvalue weighted by atomic mass is 10.1. The van der Waals surface area contributed by atoms with Gasteiger partial charge in [-0.25, -0.2) is 4.79 Å². The van der Waals surface area contributed by atoms with E-state index in [1.807, 2.05) is 24.4 Å². The molecule has 1 aromatic heterocycles. The zero-order valence-electron chi connectivity index (χ0n) is 11.5. The molecule has 22 heavy (non-hydrogen) atoms. The lowest BCUT2D eigenvalue weighted by molar-refractivity contribution is 0.0697. The van der Waals surface area contributed by atoms with Crippen molar-refractivity contribution in [2.45, 2.75) is 6.54 Å². The largest absolute Gasteiger partial charge is 0.478 e. The van der Waals surface area contributed by atoms with Crippen LogP contribution in [0.2, 0.25) is 0 Å². The second kappa shape index (κ2) is 5.77. The summed E-state index contributed by atoms with van der Waals surface area (Å²) < 4.78 is 2.57. The highest BCUT2D eigenvalue weighted by atomic mass is 79.9. The SMILES string of the molecule is O=C(O)c1ccc(Cn2cc3cc(Br)ccc3cc2=O)cc1. The highest BCUT2D eigenvalue weighted by Gasteiger charge is 2.04. The van der Waals surface area contributed by atoms with E-state index in [0.717, 1.165) is 20.8 Å². The van der Waals surface area contributed by atoms with Crippen molar-refractivity contribution < 1.29 is 9.90 Å². The first kappa shape index (κ1) is 14.5. The van der Waals surface area contributed by atoms with Crippen molar-refractivity contribution in [1.29, 1.82) is 0 Å². The molecule has 0 radical (unpaired) electrons. The number of rotatable bonds is 3. The van der Waals surface area contributed by atoms with E-state index < -0.39 is 5.97 Å². The second-order valence-electron chi connectivity index (χ2n) is 5.01. The van der Waals surface area contributed by atoms with Gasteiger partial charge in [0, 0.05) is 16.7 Å². The van der Waals surface area contributed by atoms with Crippen molar-refractivity contribution in [3.63, 3.8) is 0 Å². The Morgan fingerprint density at radius 2 is 1.77 bits per heavy atom. The smallest absolute Gasteiger partial charge is 0.335 e. The number of halogens is 1. The summed E-state index contributed by atoms with van der Waals surface area (Å²) in [6, 6.07) is 13.9. The van der Waals surface area contributed by atoms with Crippen LogP contribution in [0.5, 0.6) is 0 Å². The summed E-state index contributed by atoms with van der Waals surface area (Å²) in [6.45, 7) is 0.404. The van der Waals surface area contributed by atoms with Gasteiger partial charge in [-0.2, -0.15) is 0 Å². The third kappa shape index (κ3) is 2.94. The Bertz CT molecular complexity index is 913. The summed E-state index contributed by atoms with van der Waals surface area (Å²) in [5.41, 5.74) is 1.03. The lowest BCUT2D eigenvalue weighted by Gasteiger charge is -2.08. The standard InChI is InChI=1S/C17H12BrNO3/c18-15-6-5-13-8-16(20)19(10-14(13)7-15)9-11-1-3-12(4-2-11)17(21)22/h1-8,10H,9H2,(H,21,22). The summed E-state index contributed by atoms with van der Waals surface area (Å²) in [5.74, 6) is -0.959. The molecule has 3 rings (SSSR count). The molecule has 0 aliphatic heterocycles. The number of aromatic nitrogens is 1. The molecule has 4 nitrogen and oxygen atoms in total. The molecule has 0 atom stereocenters. The van der Waals surface area contributed by atoms with Crippen LogP contribution in [0.25, 0.3) is 10.8 Å². The minimum absolute atomic E-state index is 0.0860. The molecule has 0 unspecified atom stereocenters. The van der Waals surface area contributed by atoms with Gasteiger partial charge in [-0.05, 0) is 40.6 Å². The van der Waals surface area contributed by atoms with Crippen molar-refractivity contribution in [3.05, 3.63) is 80.7 Å². The number of benzene rings is 2. The molecule has 0 saturated carbocycles. The molecular formula is C17H12BrNO3. The molecule has 0 spiro atoms. The fraction of sp³-hybridized carbons (Fsp3) is 0.0588. The van der Waals surface area contributed by atoms with Crippen molar-refractivity contribution >= 4 is 32.7 Å². The van der Waals surface area contributed by atoms with Gasteiger partial charge in [0.2, 0.25) is 0 Å². The van der Waals surface area contributed by atoms with Crippen LogP contribution in [0, 0.1) is 0 Å². The fourth-order valence-corrected chi connectivity index (χ4v) is 2.69. The predicted octanol–water partition coefficient (Wildman–Crippen LogP) is 3.51. The predicted molar refractivity (Wildman–Crippen MR) is 88.4 cm³/mol. The average Bonchev–Trinajstić information content (AvgIpc) is 2.49. The maximum absolute atomic E-state index is 12.2. The molecule has 0 fully saturated rings. The Morgan fingerprint density at radius 1 is 1.05 bits per heavy atom. The number of aromatic carboxylic acids is 1. The monoisotopic (exact) mass is 357 g/mol. The third-order valence-corrected chi connectivity index (χ3v) is 3.95. The van der Waals surface area contributed by atoms with Crippen LogP contribution in [0.4, 0.5) is 0 Å². The summed E-state index contributed by atoms with van der Waals surface area (Å²) in [5, 5.41) is 10.8. The van der Waals surface area contributed by atoms with Crippen LogP contribution >= 0.6 is 15.9 Å². The van der Waals surface area contributed by atoms with E-state index >= 15 is 0 Å². The molecule has 0 amide bonds. The fourth-order valence-electron chi connectivity index (χ4n) is 2.31. The first-order chi connectivity index (χ1) is 10.5. The quantitative estimate of drug-likeness (QED) is 0.780. The van der Waals surface area contributed by atoms with Gasteiger partial charge < -0.3 is 9.67 Å². The van der Waals surface area contributed by atoms with E-state index in [4.69, 9.17) is 5.11 Å². The summed E-state index contributed by atoms with van der Waals surface area (Å²) in [4.78, 5) is 23.0. The molecule has 2 aromatic carbocycles. The van der Waals surface area contributed by atoms with E-state index in [1.54, 1.807) is 34.9 Å². The number of carbonyl (C=O) groups is 1.